The highest BCUT2D eigenvalue weighted by Gasteiger charge is 2.31. The number of amides is 1. The van der Waals surface area contributed by atoms with Crippen LogP contribution in [-0.4, -0.2) is 69.1 Å². The minimum atomic E-state index is -4.89. The molecule has 2 unspecified atom stereocenters. The van der Waals surface area contributed by atoms with E-state index in [2.05, 4.69) is 9.84 Å². The molecule has 0 aromatic carbocycles. The molecule has 5 N–H and O–H groups in total. The first-order valence-electron chi connectivity index (χ1n) is 7.95. The van der Waals surface area contributed by atoms with E-state index in [1.54, 1.807) is 6.08 Å². The summed E-state index contributed by atoms with van der Waals surface area (Å²) in [7, 11) is -6.01. The van der Waals surface area contributed by atoms with Gasteiger partial charge in [-0.05, 0) is 32.3 Å². The second kappa shape index (κ2) is 13.6. The van der Waals surface area contributed by atoms with Gasteiger partial charge in [0.05, 0.1) is 11.9 Å². The molecule has 11 nitrogen and oxygen atoms in total. The number of carbonyl (C=O) groups is 2. The van der Waals surface area contributed by atoms with Crippen molar-refractivity contribution in [1.82, 2.24) is 5.32 Å². The Balaban J connectivity index is 4.06. The summed E-state index contributed by atoms with van der Waals surface area (Å²) < 4.78 is 44.6. The van der Waals surface area contributed by atoms with Crippen LogP contribution in [-0.2, 0) is 28.8 Å². The molecule has 15 heteroatoms. The Morgan fingerprint density at radius 1 is 1.21 bits per heavy atom. The molecule has 0 aromatic heterocycles. The average molecular weight is 482 g/mol. The molecule has 0 bridgehead atoms. The van der Waals surface area contributed by atoms with E-state index in [0.717, 1.165) is 31.6 Å². The predicted octanol–water partition coefficient (Wildman–Crippen LogP) is 1.05. The van der Waals surface area contributed by atoms with Gasteiger partial charge in [0, 0.05) is 11.5 Å². The maximum Gasteiger partial charge on any atom is 0.469 e. The van der Waals surface area contributed by atoms with Crippen LogP contribution in [0.2, 0.25) is 0 Å². The Kier molecular flexibility index (Phi) is 13.3. The minimum Gasteiger partial charge on any atom is -0.480 e. The van der Waals surface area contributed by atoms with Crippen molar-refractivity contribution in [2.45, 2.75) is 38.3 Å². The molecule has 0 radical (unpaired) electrons. The van der Waals surface area contributed by atoms with E-state index >= 15 is 0 Å². The van der Waals surface area contributed by atoms with Gasteiger partial charge in [-0.1, -0.05) is 27.7 Å². The Bertz CT molecular complexity index is 678. The number of carbonyl (C=O) groups excluding carboxylic acids is 1. The summed E-state index contributed by atoms with van der Waals surface area (Å²) in [5.74, 6) is -1.47. The Morgan fingerprint density at radius 2 is 1.82 bits per heavy atom. The summed E-state index contributed by atoms with van der Waals surface area (Å²) in [6.07, 6.45) is 3.34. The van der Waals surface area contributed by atoms with Crippen molar-refractivity contribution in [2.24, 2.45) is 0 Å². The summed E-state index contributed by atoms with van der Waals surface area (Å²) in [6.45, 7) is 1.12. The van der Waals surface area contributed by atoms with Crippen LogP contribution in [0.5, 0.6) is 0 Å². The topological polar surface area (TPSA) is 188 Å². The van der Waals surface area contributed by atoms with E-state index in [4.69, 9.17) is 19.4 Å². The number of allylic oxidation sites excluding steroid dienone is 1. The molecule has 0 heterocycles. The Hall–Kier alpha value is -0.600. The fourth-order valence-electron chi connectivity index (χ4n) is 1.73. The number of nitrogens with one attached hydrogen (secondary N) is 1. The number of carboxylic acids is 1. The maximum absolute atomic E-state index is 11.7. The predicted molar refractivity (Wildman–Crippen MR) is 106 cm³/mol. The van der Waals surface area contributed by atoms with Gasteiger partial charge in [0.15, 0.2) is 6.04 Å². The summed E-state index contributed by atoms with van der Waals surface area (Å²) in [4.78, 5) is 40.3. The van der Waals surface area contributed by atoms with Gasteiger partial charge in [0.1, 0.15) is 0 Å². The van der Waals surface area contributed by atoms with Crippen LogP contribution in [0.4, 0.5) is 0 Å². The Morgan fingerprint density at radius 3 is 2.36 bits per heavy atom. The summed E-state index contributed by atoms with van der Waals surface area (Å²) in [5, 5.41) is 11.1. The number of phosphoric acid groups is 1. The minimum absolute atomic E-state index is 0.290. The van der Waals surface area contributed by atoms with Gasteiger partial charge in [-0.2, -0.15) is 8.42 Å². The quantitative estimate of drug-likeness (QED) is 0.0736. The molecule has 2 atom stereocenters. The van der Waals surface area contributed by atoms with Crippen LogP contribution in [0.1, 0.15) is 26.2 Å². The molecule has 0 fully saturated rings. The van der Waals surface area contributed by atoms with Crippen molar-refractivity contribution in [3.63, 3.8) is 0 Å². The monoisotopic (exact) mass is 481 g/mol. The number of unbranched alkanes of at least 4 members (excludes halogenated alkanes) is 2. The van der Waals surface area contributed by atoms with Gasteiger partial charge in [0.25, 0.3) is 10.1 Å². The molecule has 1 amide bonds. The van der Waals surface area contributed by atoms with Crippen LogP contribution in [0.3, 0.4) is 0 Å². The smallest absolute Gasteiger partial charge is 0.469 e. The fraction of sp³-hybridized carbons (Fsp3) is 0.692. The summed E-state index contributed by atoms with van der Waals surface area (Å²) >= 11 is 0. The lowest BCUT2D eigenvalue weighted by Crippen LogP contribution is -2.47. The van der Waals surface area contributed by atoms with Gasteiger partial charge in [-0.15, -0.1) is 0 Å². The van der Waals surface area contributed by atoms with Crippen LogP contribution >= 0.6 is 29.4 Å². The van der Waals surface area contributed by atoms with Crippen molar-refractivity contribution in [1.29, 1.82) is 0 Å². The highest BCUT2D eigenvalue weighted by atomic mass is 33.1. The van der Waals surface area contributed by atoms with Crippen molar-refractivity contribution in [3.8, 4) is 0 Å². The van der Waals surface area contributed by atoms with Crippen LogP contribution < -0.4 is 5.32 Å². The first-order chi connectivity index (χ1) is 12.8. The lowest BCUT2D eigenvalue weighted by atomic mass is 10.2. The molecule has 28 heavy (non-hydrogen) atoms. The fourth-order valence-corrected chi connectivity index (χ4v) is 5.63. The lowest BCUT2D eigenvalue weighted by Gasteiger charge is -2.21. The van der Waals surface area contributed by atoms with E-state index in [9.17, 15) is 22.6 Å². The standard InChI is InChI=1S/C13H24NO10PS3/c1-10(24-25(18,19)20)12(13(16)17)14-11(15)6-4-2-3-5-7-26-27-8-9-28(21,22)23/h4,6,10,12H,2-3,5,7-9H2,1H3,(H,14,15)(H,16,17)(H2,18,19,20)(H,21,22,23). The van der Waals surface area contributed by atoms with Crippen LogP contribution in [0.25, 0.3) is 0 Å². The van der Waals surface area contributed by atoms with E-state index in [1.165, 1.54) is 21.6 Å². The largest absolute Gasteiger partial charge is 0.480 e. The second-order valence-electron chi connectivity index (χ2n) is 5.45. The molecule has 0 aliphatic carbocycles. The number of phosphoric ester groups is 1. The highest BCUT2D eigenvalue weighted by molar-refractivity contribution is 8.76. The van der Waals surface area contributed by atoms with Crippen molar-refractivity contribution in [3.05, 3.63) is 12.2 Å². The molecule has 164 valence electrons. The molecule has 0 rings (SSSR count). The zero-order chi connectivity index (χ0) is 21.8. The van der Waals surface area contributed by atoms with E-state index < -0.39 is 42.0 Å². The molecule has 0 aliphatic rings. The second-order valence-corrected chi connectivity index (χ2v) is 10.9. The number of rotatable bonds is 15. The lowest BCUT2D eigenvalue weighted by molar-refractivity contribution is -0.143. The van der Waals surface area contributed by atoms with Gasteiger partial charge in [-0.3, -0.25) is 13.9 Å². The van der Waals surface area contributed by atoms with Crippen molar-refractivity contribution in [2.75, 3.05) is 17.3 Å². The van der Waals surface area contributed by atoms with E-state index in [1.807, 2.05) is 0 Å². The molecule has 0 spiro atoms. The summed E-state index contributed by atoms with van der Waals surface area (Å²) in [6, 6.07) is -1.62. The number of carboxylic acid groups (broad SMARTS) is 1. The molecule has 0 aromatic rings. The number of aliphatic carboxylic acids is 1. The van der Waals surface area contributed by atoms with Gasteiger partial charge in [0.2, 0.25) is 5.91 Å². The first kappa shape index (κ1) is 27.4. The van der Waals surface area contributed by atoms with Gasteiger partial charge >= 0.3 is 13.8 Å². The molecule has 0 saturated heterocycles. The van der Waals surface area contributed by atoms with Crippen LogP contribution in [0.15, 0.2) is 12.2 Å². The zero-order valence-electron chi connectivity index (χ0n) is 15.0. The number of hydrogen-bond donors (Lipinski definition) is 5. The normalized spacial score (nSPS) is 14.7. The summed E-state index contributed by atoms with van der Waals surface area (Å²) in [5.41, 5.74) is 0. The Labute approximate surface area is 171 Å². The van der Waals surface area contributed by atoms with E-state index in [-0.39, 0.29) is 5.75 Å². The number of hydrogen-bond acceptors (Lipinski definition) is 8. The first-order valence-corrected chi connectivity index (χ1v) is 13.6. The third kappa shape index (κ3) is 16.4. The molecule has 0 saturated carbocycles. The third-order valence-electron chi connectivity index (χ3n) is 2.96. The van der Waals surface area contributed by atoms with Gasteiger partial charge < -0.3 is 20.2 Å². The van der Waals surface area contributed by atoms with E-state index in [0.29, 0.717) is 12.2 Å². The zero-order valence-corrected chi connectivity index (χ0v) is 18.3. The van der Waals surface area contributed by atoms with Crippen molar-refractivity contribution < 1.29 is 46.5 Å². The molecule has 0 aliphatic heterocycles. The third-order valence-corrected chi connectivity index (χ3v) is 7.04. The maximum atomic E-state index is 11.7. The van der Waals surface area contributed by atoms with Crippen molar-refractivity contribution >= 4 is 51.4 Å². The molecular weight excluding hydrogens is 457 g/mol. The highest BCUT2D eigenvalue weighted by Crippen LogP contribution is 2.38. The van der Waals surface area contributed by atoms with Crippen LogP contribution in [0, 0.1) is 0 Å². The average Bonchev–Trinajstić information content (AvgIpc) is 2.51. The molecular formula is C13H24NO10PS3. The van der Waals surface area contributed by atoms with Gasteiger partial charge in [-0.25, -0.2) is 9.36 Å². The SMILES string of the molecule is CC(OP(=O)(O)O)C(NC(=O)C=CCCCCSSCCS(=O)(=O)O)C(=O)O.